The summed E-state index contributed by atoms with van der Waals surface area (Å²) in [6, 6.07) is -0.247. The molecule has 18 heavy (non-hydrogen) atoms. The van der Waals surface area contributed by atoms with Crippen molar-refractivity contribution in [3.8, 4) is 0 Å². The molecule has 0 aliphatic carbocycles. The molecule has 2 N–H and O–H groups in total. The summed E-state index contributed by atoms with van der Waals surface area (Å²) in [4.78, 5) is 0.108. The van der Waals surface area contributed by atoms with Gasteiger partial charge in [0.15, 0.2) is 0 Å². The summed E-state index contributed by atoms with van der Waals surface area (Å²) in [7, 11) is 0. The van der Waals surface area contributed by atoms with Crippen LogP contribution in [0.2, 0.25) is 0 Å². The zero-order chi connectivity index (χ0) is 12.9. The topological polar surface area (TPSA) is 78.3 Å². The number of hydrogen-bond donors (Lipinski definition) is 1. The third kappa shape index (κ3) is 1.76. The van der Waals surface area contributed by atoms with Gasteiger partial charge in [0.05, 0.1) is 19.1 Å². The minimum absolute atomic E-state index is 0.108. The summed E-state index contributed by atoms with van der Waals surface area (Å²) < 4.78 is 43.7. The molecule has 1 aliphatic rings. The molecular formula is C8H8F3N5OS. The second-order valence-electron chi connectivity index (χ2n) is 3.96. The zero-order valence-electron chi connectivity index (χ0n) is 8.89. The second kappa shape index (κ2) is 3.87. The maximum Gasteiger partial charge on any atom is 0.453 e. The van der Waals surface area contributed by atoms with Gasteiger partial charge in [0.25, 0.3) is 5.82 Å². The summed E-state index contributed by atoms with van der Waals surface area (Å²) in [5.41, 5.74) is 5.80. The van der Waals surface area contributed by atoms with E-state index in [4.69, 9.17) is 10.5 Å². The Balaban J connectivity index is 2.04. The molecule has 0 spiro atoms. The maximum atomic E-state index is 12.6. The molecular weight excluding hydrogens is 271 g/mol. The van der Waals surface area contributed by atoms with E-state index in [2.05, 4.69) is 15.3 Å². The number of nitrogens with two attached hydrogens (primary N) is 1. The van der Waals surface area contributed by atoms with Crippen molar-refractivity contribution in [2.45, 2.75) is 18.1 Å². The van der Waals surface area contributed by atoms with Crippen molar-refractivity contribution in [3.05, 3.63) is 10.8 Å². The van der Waals surface area contributed by atoms with E-state index >= 15 is 0 Å². The van der Waals surface area contributed by atoms with E-state index in [0.29, 0.717) is 22.7 Å². The molecule has 2 aromatic rings. The molecule has 0 amide bonds. The van der Waals surface area contributed by atoms with Crippen LogP contribution in [0.3, 0.4) is 0 Å². The van der Waals surface area contributed by atoms with E-state index in [-0.39, 0.29) is 16.9 Å². The van der Waals surface area contributed by atoms with Gasteiger partial charge >= 0.3 is 6.18 Å². The predicted octanol–water partition coefficient (Wildman–Crippen LogP) is 0.646. The van der Waals surface area contributed by atoms with Gasteiger partial charge in [0, 0.05) is 6.04 Å². The summed E-state index contributed by atoms with van der Waals surface area (Å²) in [5, 5.41) is 11.0. The van der Waals surface area contributed by atoms with Gasteiger partial charge in [-0.3, -0.25) is 0 Å². The number of fused-ring (bicyclic) bond motifs is 1. The third-order valence-corrected chi connectivity index (χ3v) is 3.73. The van der Waals surface area contributed by atoms with Crippen molar-refractivity contribution in [2.24, 2.45) is 5.73 Å². The van der Waals surface area contributed by atoms with Crippen molar-refractivity contribution >= 4 is 16.3 Å². The Labute approximate surface area is 103 Å². The summed E-state index contributed by atoms with van der Waals surface area (Å²) in [6.45, 7) is 0.754. The lowest BCUT2D eigenvalue weighted by Crippen LogP contribution is -2.26. The van der Waals surface area contributed by atoms with Crippen LogP contribution >= 0.6 is 11.3 Å². The smallest absolute Gasteiger partial charge is 0.379 e. The fraction of sp³-hybridized carbons (Fsp3) is 0.625. The lowest BCUT2D eigenvalue weighted by molar-refractivity contribution is -0.146. The molecule has 0 bridgehead atoms. The number of hydrogen-bond acceptors (Lipinski definition) is 6. The fourth-order valence-corrected chi connectivity index (χ4v) is 2.78. The maximum absolute atomic E-state index is 12.6. The largest absolute Gasteiger partial charge is 0.453 e. The van der Waals surface area contributed by atoms with Crippen LogP contribution in [0.5, 0.6) is 0 Å². The van der Waals surface area contributed by atoms with Crippen LogP contribution in [0.4, 0.5) is 13.2 Å². The normalized spacial score (nSPS) is 25.1. The first-order valence-corrected chi connectivity index (χ1v) is 5.91. The molecule has 98 valence electrons. The molecule has 10 heteroatoms. The minimum atomic E-state index is -4.57. The molecule has 0 radical (unpaired) electrons. The van der Waals surface area contributed by atoms with E-state index in [1.165, 1.54) is 0 Å². The Bertz CT molecular complexity index is 579. The number of rotatable bonds is 1. The summed E-state index contributed by atoms with van der Waals surface area (Å²) in [5.74, 6) is -1.30. The van der Waals surface area contributed by atoms with Gasteiger partial charge in [-0.15, -0.1) is 10.2 Å². The summed E-state index contributed by atoms with van der Waals surface area (Å²) in [6.07, 6.45) is -4.57. The molecule has 2 aromatic heterocycles. The average Bonchev–Trinajstić information content (AvgIpc) is 2.87. The van der Waals surface area contributed by atoms with Crippen LogP contribution in [0.1, 0.15) is 16.7 Å². The van der Waals surface area contributed by atoms with Gasteiger partial charge in [-0.2, -0.15) is 22.8 Å². The quantitative estimate of drug-likeness (QED) is 0.829. The number of nitrogens with zero attached hydrogens (tertiary/aromatic N) is 4. The molecule has 1 saturated heterocycles. The highest BCUT2D eigenvalue weighted by Gasteiger charge is 2.39. The highest BCUT2D eigenvalue weighted by Crippen LogP contribution is 2.32. The SMILES string of the molecule is NC1COCC1c1nn2c(C(F)(F)F)nnc2s1. The highest BCUT2D eigenvalue weighted by atomic mass is 32.1. The Hall–Kier alpha value is -1.26. The van der Waals surface area contributed by atoms with Crippen molar-refractivity contribution in [2.75, 3.05) is 13.2 Å². The predicted molar refractivity (Wildman–Crippen MR) is 55.2 cm³/mol. The minimum Gasteiger partial charge on any atom is -0.379 e. The molecule has 2 unspecified atom stereocenters. The molecule has 1 aliphatic heterocycles. The molecule has 2 atom stereocenters. The first kappa shape index (κ1) is 11.8. The number of ether oxygens (including phenoxy) is 1. The molecule has 6 nitrogen and oxygen atoms in total. The van der Waals surface area contributed by atoms with Crippen LogP contribution in [-0.2, 0) is 10.9 Å². The van der Waals surface area contributed by atoms with Crippen LogP contribution < -0.4 is 5.73 Å². The lowest BCUT2D eigenvalue weighted by atomic mass is 10.1. The highest BCUT2D eigenvalue weighted by molar-refractivity contribution is 7.16. The standard InChI is InChI=1S/C8H8F3N5OS/c9-8(10,11)6-13-14-7-16(6)15-5(18-7)3-1-17-2-4(3)12/h3-4H,1-2,12H2. The van der Waals surface area contributed by atoms with Crippen LogP contribution in [0, 0.1) is 0 Å². The third-order valence-electron chi connectivity index (χ3n) is 2.70. The van der Waals surface area contributed by atoms with Crippen molar-refractivity contribution in [3.63, 3.8) is 0 Å². The Morgan fingerprint density at radius 2 is 2.11 bits per heavy atom. The van der Waals surface area contributed by atoms with E-state index in [9.17, 15) is 13.2 Å². The molecule has 0 saturated carbocycles. The number of halogens is 3. The Morgan fingerprint density at radius 1 is 1.33 bits per heavy atom. The van der Waals surface area contributed by atoms with E-state index in [0.717, 1.165) is 11.3 Å². The lowest BCUT2D eigenvalue weighted by Gasteiger charge is -2.08. The van der Waals surface area contributed by atoms with Gasteiger partial charge in [0.1, 0.15) is 5.01 Å². The Morgan fingerprint density at radius 3 is 2.72 bits per heavy atom. The van der Waals surface area contributed by atoms with Gasteiger partial charge in [-0.05, 0) is 0 Å². The molecule has 3 rings (SSSR count). The van der Waals surface area contributed by atoms with Crippen molar-refractivity contribution in [1.82, 2.24) is 19.8 Å². The summed E-state index contributed by atoms with van der Waals surface area (Å²) >= 11 is 1.05. The van der Waals surface area contributed by atoms with Crippen LogP contribution in [0.25, 0.3) is 4.96 Å². The van der Waals surface area contributed by atoms with E-state index in [1.54, 1.807) is 0 Å². The number of alkyl halides is 3. The van der Waals surface area contributed by atoms with Gasteiger partial charge in [-0.1, -0.05) is 11.3 Å². The van der Waals surface area contributed by atoms with E-state index in [1.807, 2.05) is 0 Å². The second-order valence-corrected chi connectivity index (χ2v) is 4.95. The van der Waals surface area contributed by atoms with Crippen LogP contribution in [0.15, 0.2) is 0 Å². The average molecular weight is 279 g/mol. The molecule has 0 aromatic carbocycles. The van der Waals surface area contributed by atoms with Gasteiger partial charge in [-0.25, -0.2) is 0 Å². The monoisotopic (exact) mass is 279 g/mol. The van der Waals surface area contributed by atoms with Gasteiger partial charge in [0.2, 0.25) is 4.96 Å². The zero-order valence-corrected chi connectivity index (χ0v) is 9.70. The first-order chi connectivity index (χ1) is 8.47. The number of aromatic nitrogens is 4. The molecule has 3 heterocycles. The first-order valence-electron chi connectivity index (χ1n) is 5.09. The van der Waals surface area contributed by atoms with Crippen LogP contribution in [-0.4, -0.2) is 39.1 Å². The molecule has 1 fully saturated rings. The van der Waals surface area contributed by atoms with Crippen molar-refractivity contribution < 1.29 is 17.9 Å². The van der Waals surface area contributed by atoms with Gasteiger partial charge < -0.3 is 10.5 Å². The van der Waals surface area contributed by atoms with Crippen molar-refractivity contribution in [1.29, 1.82) is 0 Å². The fourth-order valence-electron chi connectivity index (χ4n) is 1.78. The van der Waals surface area contributed by atoms with E-state index < -0.39 is 12.0 Å². The Kier molecular flexibility index (Phi) is 2.54.